The van der Waals surface area contributed by atoms with Gasteiger partial charge in [0.25, 0.3) is 5.91 Å². The lowest BCUT2D eigenvalue weighted by molar-refractivity contribution is 0.0379. The number of aromatic nitrogens is 4. The first kappa shape index (κ1) is 21.4. The number of carbonyl (C=O) groups is 1. The summed E-state index contributed by atoms with van der Waals surface area (Å²) < 4.78 is 34.1. The van der Waals surface area contributed by atoms with E-state index in [1.54, 1.807) is 22.8 Å². The molecule has 0 N–H and O–H groups in total. The van der Waals surface area contributed by atoms with Crippen LogP contribution in [0, 0.1) is 18.6 Å². The van der Waals surface area contributed by atoms with E-state index in [1.807, 2.05) is 19.4 Å². The third kappa shape index (κ3) is 4.17. The first-order valence-electron chi connectivity index (χ1n) is 9.60. The van der Waals surface area contributed by atoms with Gasteiger partial charge in [-0.1, -0.05) is 17.8 Å². The third-order valence-corrected chi connectivity index (χ3v) is 5.71. The van der Waals surface area contributed by atoms with Crippen molar-refractivity contribution < 1.29 is 18.3 Å². The Morgan fingerprint density at radius 1 is 1.26 bits per heavy atom. The maximum absolute atomic E-state index is 13.7. The zero-order valence-corrected chi connectivity index (χ0v) is 18.1. The highest BCUT2D eigenvalue weighted by molar-refractivity contribution is 7.98. The van der Waals surface area contributed by atoms with Gasteiger partial charge >= 0.3 is 0 Å². The Kier molecular flexibility index (Phi) is 6.01. The van der Waals surface area contributed by atoms with Gasteiger partial charge in [-0.25, -0.2) is 23.7 Å². The summed E-state index contributed by atoms with van der Waals surface area (Å²) in [4.78, 5) is 28.2. The molecule has 1 aromatic carbocycles. The highest BCUT2D eigenvalue weighted by Gasteiger charge is 2.34. The molecule has 0 unspecified atom stereocenters. The fraction of sp³-hybridized carbons (Fsp3) is 0.333. The van der Waals surface area contributed by atoms with E-state index < -0.39 is 11.6 Å². The lowest BCUT2D eigenvalue weighted by atomic mass is 10.1. The summed E-state index contributed by atoms with van der Waals surface area (Å²) in [6, 6.07) is 3.35. The third-order valence-electron chi connectivity index (χ3n) is 5.15. The van der Waals surface area contributed by atoms with E-state index >= 15 is 0 Å². The standard InChI is InChI=1S/C21H21F2N5O2S/c1-12-7-24-21(31-3)26-18(12)17-10-27-9-14(11-30-2)28(20(29)19(27)25-17)8-13-4-5-15(22)16(23)6-13/h4-7,10,14H,8-9,11H2,1-3H3/t14-/m1/s1. The van der Waals surface area contributed by atoms with Crippen LogP contribution in [0.25, 0.3) is 11.4 Å². The Balaban J connectivity index is 1.69. The monoisotopic (exact) mass is 445 g/mol. The number of methoxy groups -OCH3 is 1. The first-order chi connectivity index (χ1) is 14.9. The van der Waals surface area contributed by atoms with Crippen LogP contribution >= 0.6 is 11.8 Å². The van der Waals surface area contributed by atoms with Crippen LogP contribution in [0.4, 0.5) is 8.78 Å². The number of hydrogen-bond acceptors (Lipinski definition) is 6. The van der Waals surface area contributed by atoms with Gasteiger partial charge in [-0.2, -0.15) is 0 Å². The average Bonchev–Trinajstić information content (AvgIpc) is 3.18. The molecule has 3 heterocycles. The van der Waals surface area contributed by atoms with E-state index in [0.717, 1.165) is 17.7 Å². The number of aryl methyl sites for hydroxylation is 1. The topological polar surface area (TPSA) is 73.1 Å². The summed E-state index contributed by atoms with van der Waals surface area (Å²) in [5.41, 5.74) is 2.60. The fourth-order valence-electron chi connectivity index (χ4n) is 3.61. The summed E-state index contributed by atoms with van der Waals surface area (Å²) in [5.74, 6) is -1.90. The van der Waals surface area contributed by atoms with Gasteiger partial charge in [0, 0.05) is 32.6 Å². The molecule has 2 aromatic heterocycles. The highest BCUT2D eigenvalue weighted by Crippen LogP contribution is 2.27. The molecule has 7 nitrogen and oxygen atoms in total. The minimum Gasteiger partial charge on any atom is -0.382 e. The summed E-state index contributed by atoms with van der Waals surface area (Å²) in [7, 11) is 1.56. The number of hydrogen-bond donors (Lipinski definition) is 0. The molecule has 0 bridgehead atoms. The highest BCUT2D eigenvalue weighted by atomic mass is 32.2. The molecule has 3 aromatic rings. The zero-order chi connectivity index (χ0) is 22.1. The van der Waals surface area contributed by atoms with E-state index in [9.17, 15) is 13.6 Å². The SMILES string of the molecule is COC[C@H]1Cn2cc(-c3nc(SC)ncc3C)nc2C(=O)N1Cc1ccc(F)c(F)c1. The van der Waals surface area contributed by atoms with Crippen molar-refractivity contribution in [3.63, 3.8) is 0 Å². The van der Waals surface area contributed by atoms with E-state index in [1.165, 1.54) is 17.8 Å². The van der Waals surface area contributed by atoms with E-state index in [0.29, 0.717) is 35.3 Å². The number of carbonyl (C=O) groups excluding carboxylic acids is 1. The van der Waals surface area contributed by atoms with Gasteiger partial charge in [-0.3, -0.25) is 4.79 Å². The largest absolute Gasteiger partial charge is 0.382 e. The molecule has 0 fully saturated rings. The molecule has 0 aliphatic carbocycles. The second-order valence-electron chi connectivity index (χ2n) is 7.28. The van der Waals surface area contributed by atoms with Gasteiger partial charge in [0.1, 0.15) is 5.69 Å². The Labute approximate surface area is 182 Å². The predicted molar refractivity (Wildman–Crippen MR) is 112 cm³/mol. The van der Waals surface area contributed by atoms with Gasteiger partial charge in [-0.05, 0) is 36.4 Å². The van der Waals surface area contributed by atoms with Crippen LogP contribution in [0.15, 0.2) is 35.7 Å². The summed E-state index contributed by atoms with van der Waals surface area (Å²) in [6.07, 6.45) is 5.43. The maximum atomic E-state index is 13.7. The average molecular weight is 445 g/mol. The summed E-state index contributed by atoms with van der Waals surface area (Å²) >= 11 is 1.43. The van der Waals surface area contributed by atoms with Crippen LogP contribution in [0.5, 0.6) is 0 Å². The minimum atomic E-state index is -0.946. The minimum absolute atomic E-state index is 0.120. The van der Waals surface area contributed by atoms with Gasteiger partial charge in [0.2, 0.25) is 0 Å². The smallest absolute Gasteiger partial charge is 0.290 e. The molecule has 1 amide bonds. The zero-order valence-electron chi connectivity index (χ0n) is 17.3. The van der Waals surface area contributed by atoms with Crippen LogP contribution in [0.1, 0.15) is 21.7 Å². The Hall–Kier alpha value is -2.85. The van der Waals surface area contributed by atoms with E-state index in [2.05, 4.69) is 15.0 Å². The second-order valence-corrected chi connectivity index (χ2v) is 8.05. The number of amides is 1. The summed E-state index contributed by atoms with van der Waals surface area (Å²) in [5, 5.41) is 0.620. The van der Waals surface area contributed by atoms with Crippen LogP contribution < -0.4 is 0 Å². The lowest BCUT2D eigenvalue weighted by Gasteiger charge is -2.35. The van der Waals surface area contributed by atoms with Crippen molar-refractivity contribution in [2.24, 2.45) is 0 Å². The van der Waals surface area contributed by atoms with Crippen molar-refractivity contribution in [1.29, 1.82) is 0 Å². The van der Waals surface area contributed by atoms with Crippen LogP contribution in [0.2, 0.25) is 0 Å². The number of halogens is 2. The maximum Gasteiger partial charge on any atom is 0.290 e. The number of imidazole rings is 1. The van der Waals surface area contributed by atoms with Gasteiger partial charge in [0.05, 0.1) is 18.3 Å². The van der Waals surface area contributed by atoms with Crippen LogP contribution in [-0.4, -0.2) is 56.3 Å². The molecule has 31 heavy (non-hydrogen) atoms. The molecule has 1 atom stereocenters. The molecule has 1 aliphatic heterocycles. The normalized spacial score (nSPS) is 16.0. The quantitative estimate of drug-likeness (QED) is 0.428. The second kappa shape index (κ2) is 8.72. The number of ether oxygens (including phenoxy) is 1. The van der Waals surface area contributed by atoms with Gasteiger partial charge < -0.3 is 14.2 Å². The van der Waals surface area contributed by atoms with Crippen molar-refractivity contribution in [3.05, 3.63) is 59.2 Å². The molecule has 1 aliphatic rings. The van der Waals surface area contributed by atoms with Gasteiger partial charge in [0.15, 0.2) is 22.6 Å². The van der Waals surface area contributed by atoms with Crippen molar-refractivity contribution in [1.82, 2.24) is 24.4 Å². The molecule has 4 rings (SSSR count). The van der Waals surface area contributed by atoms with Gasteiger partial charge in [-0.15, -0.1) is 0 Å². The lowest BCUT2D eigenvalue weighted by Crippen LogP contribution is -2.49. The molecule has 0 saturated carbocycles. The number of benzene rings is 1. The van der Waals surface area contributed by atoms with Crippen molar-refractivity contribution in [2.75, 3.05) is 20.0 Å². The molecule has 162 valence electrons. The number of nitrogens with zero attached hydrogens (tertiary/aromatic N) is 5. The van der Waals surface area contributed by atoms with Crippen molar-refractivity contribution in [2.45, 2.75) is 31.2 Å². The molecule has 0 saturated heterocycles. The first-order valence-corrected chi connectivity index (χ1v) is 10.8. The molecular weight excluding hydrogens is 424 g/mol. The van der Waals surface area contributed by atoms with Crippen LogP contribution in [0.3, 0.4) is 0 Å². The fourth-order valence-corrected chi connectivity index (χ4v) is 3.95. The predicted octanol–water partition coefficient (Wildman–Crippen LogP) is 3.32. The Bertz CT molecular complexity index is 1140. The Morgan fingerprint density at radius 2 is 2.06 bits per heavy atom. The number of fused-ring (bicyclic) bond motifs is 1. The van der Waals surface area contributed by atoms with Crippen molar-refractivity contribution in [3.8, 4) is 11.4 Å². The molecule has 0 spiro atoms. The van der Waals surface area contributed by atoms with Crippen molar-refractivity contribution >= 4 is 17.7 Å². The van der Waals surface area contributed by atoms with E-state index in [-0.39, 0.29) is 24.3 Å². The number of thioether (sulfide) groups is 1. The molecule has 10 heteroatoms. The summed E-state index contributed by atoms with van der Waals surface area (Å²) in [6.45, 7) is 2.77. The molecule has 0 radical (unpaired) electrons. The van der Waals surface area contributed by atoms with Crippen LogP contribution in [-0.2, 0) is 17.8 Å². The molecular formula is C21H21F2N5O2S. The number of rotatable bonds is 6. The Morgan fingerprint density at radius 3 is 2.77 bits per heavy atom. The van der Waals surface area contributed by atoms with E-state index in [4.69, 9.17) is 4.74 Å².